The Bertz CT molecular complexity index is 576. The molecule has 6 heteroatoms. The first-order chi connectivity index (χ1) is 9.78. The zero-order valence-corrected chi connectivity index (χ0v) is 11.0. The number of hydrogen-bond donors (Lipinski definition) is 1. The van der Waals surface area contributed by atoms with E-state index in [1.165, 1.54) is 0 Å². The molecule has 1 unspecified atom stereocenters. The van der Waals surface area contributed by atoms with Crippen LogP contribution in [0.1, 0.15) is 23.3 Å². The molecule has 20 heavy (non-hydrogen) atoms. The molecule has 1 fully saturated rings. The van der Waals surface area contributed by atoms with Gasteiger partial charge in [-0.1, -0.05) is 5.16 Å². The summed E-state index contributed by atoms with van der Waals surface area (Å²) in [4.78, 5) is 14.0. The Labute approximate surface area is 116 Å². The molecule has 1 saturated heterocycles. The van der Waals surface area contributed by atoms with Gasteiger partial charge in [0.1, 0.15) is 0 Å². The van der Waals surface area contributed by atoms with Crippen molar-refractivity contribution in [3.63, 3.8) is 0 Å². The summed E-state index contributed by atoms with van der Waals surface area (Å²) in [5.74, 6) is 1.24. The van der Waals surface area contributed by atoms with Crippen LogP contribution in [-0.4, -0.2) is 40.8 Å². The Balaban J connectivity index is 1.69. The van der Waals surface area contributed by atoms with Gasteiger partial charge in [0, 0.05) is 25.8 Å². The highest BCUT2D eigenvalue weighted by molar-refractivity contribution is 5.93. The topological polar surface area (TPSA) is 79.7 Å². The highest BCUT2D eigenvalue weighted by Crippen LogP contribution is 2.24. The molecule has 0 aliphatic carbocycles. The van der Waals surface area contributed by atoms with E-state index in [4.69, 9.17) is 14.0 Å². The lowest BCUT2D eigenvalue weighted by Gasteiger charge is -2.14. The van der Waals surface area contributed by atoms with E-state index in [9.17, 15) is 4.79 Å². The van der Waals surface area contributed by atoms with E-state index >= 15 is 0 Å². The number of aromatic nitrogens is 1. The molecule has 3 heterocycles. The second-order valence-electron chi connectivity index (χ2n) is 4.97. The van der Waals surface area contributed by atoms with Crippen molar-refractivity contribution in [1.82, 2.24) is 10.1 Å². The maximum Gasteiger partial charge on any atom is 0.276 e. The summed E-state index contributed by atoms with van der Waals surface area (Å²) in [6.45, 7) is 1.54. The van der Waals surface area contributed by atoms with E-state index in [0.29, 0.717) is 36.2 Å². The first-order valence-corrected chi connectivity index (χ1v) is 6.68. The number of likely N-dealkylation sites (tertiary alicyclic amines) is 1. The van der Waals surface area contributed by atoms with E-state index in [2.05, 4.69) is 5.16 Å². The summed E-state index contributed by atoms with van der Waals surface area (Å²) in [5, 5.41) is 12.7. The van der Waals surface area contributed by atoms with Gasteiger partial charge in [-0.25, -0.2) is 0 Å². The number of aliphatic hydroxyl groups is 1. The Morgan fingerprint density at radius 2 is 2.40 bits per heavy atom. The number of carbonyl (C=O) groups is 1. The third kappa shape index (κ3) is 2.46. The fourth-order valence-corrected chi connectivity index (χ4v) is 2.51. The summed E-state index contributed by atoms with van der Waals surface area (Å²) in [6.07, 6.45) is 3.20. The SMILES string of the molecule is O=C(c1cc(-c2ccco2)on1)N1CCC(CCO)C1. The molecule has 0 spiro atoms. The number of furan rings is 1. The minimum Gasteiger partial charge on any atom is -0.461 e. The molecular formula is C14H16N2O4. The Morgan fingerprint density at radius 3 is 3.15 bits per heavy atom. The quantitative estimate of drug-likeness (QED) is 0.920. The Morgan fingerprint density at radius 1 is 1.50 bits per heavy atom. The van der Waals surface area contributed by atoms with Gasteiger partial charge in [0.15, 0.2) is 11.5 Å². The molecule has 2 aromatic heterocycles. The van der Waals surface area contributed by atoms with Crippen LogP contribution in [0.3, 0.4) is 0 Å². The van der Waals surface area contributed by atoms with Crippen LogP contribution >= 0.6 is 0 Å². The van der Waals surface area contributed by atoms with E-state index in [-0.39, 0.29) is 12.5 Å². The van der Waals surface area contributed by atoms with Gasteiger partial charge < -0.3 is 18.9 Å². The summed E-state index contributed by atoms with van der Waals surface area (Å²) < 4.78 is 10.3. The van der Waals surface area contributed by atoms with E-state index < -0.39 is 0 Å². The second kappa shape index (κ2) is 5.50. The van der Waals surface area contributed by atoms with Crippen molar-refractivity contribution in [3.05, 3.63) is 30.2 Å². The summed E-state index contributed by atoms with van der Waals surface area (Å²) in [5.41, 5.74) is 0.293. The molecular weight excluding hydrogens is 260 g/mol. The zero-order chi connectivity index (χ0) is 13.9. The molecule has 0 saturated carbocycles. The maximum atomic E-state index is 12.3. The molecule has 6 nitrogen and oxygen atoms in total. The largest absolute Gasteiger partial charge is 0.461 e. The first kappa shape index (κ1) is 12.9. The van der Waals surface area contributed by atoms with E-state index in [1.54, 1.807) is 29.4 Å². The van der Waals surface area contributed by atoms with Gasteiger partial charge in [-0.15, -0.1) is 0 Å². The van der Waals surface area contributed by atoms with Crippen molar-refractivity contribution in [2.45, 2.75) is 12.8 Å². The van der Waals surface area contributed by atoms with Crippen molar-refractivity contribution in [2.75, 3.05) is 19.7 Å². The highest BCUT2D eigenvalue weighted by atomic mass is 16.5. The smallest absolute Gasteiger partial charge is 0.276 e. The molecule has 2 aromatic rings. The normalized spacial score (nSPS) is 18.6. The van der Waals surface area contributed by atoms with Crippen molar-refractivity contribution >= 4 is 5.91 Å². The second-order valence-corrected chi connectivity index (χ2v) is 4.97. The summed E-state index contributed by atoms with van der Waals surface area (Å²) >= 11 is 0. The van der Waals surface area contributed by atoms with Gasteiger partial charge in [-0.05, 0) is 30.9 Å². The van der Waals surface area contributed by atoms with Crippen molar-refractivity contribution in [1.29, 1.82) is 0 Å². The maximum absolute atomic E-state index is 12.3. The predicted molar refractivity (Wildman–Crippen MR) is 69.9 cm³/mol. The van der Waals surface area contributed by atoms with Crippen molar-refractivity contribution < 1.29 is 18.8 Å². The molecule has 1 N–H and O–H groups in total. The van der Waals surface area contributed by atoms with Gasteiger partial charge in [-0.3, -0.25) is 4.79 Å². The van der Waals surface area contributed by atoms with Crippen molar-refractivity contribution in [3.8, 4) is 11.5 Å². The Kier molecular flexibility index (Phi) is 3.56. The molecule has 106 valence electrons. The molecule has 0 aromatic carbocycles. The first-order valence-electron chi connectivity index (χ1n) is 6.68. The molecule has 1 atom stereocenters. The molecule has 0 bridgehead atoms. The third-order valence-corrected chi connectivity index (χ3v) is 3.60. The average Bonchev–Trinajstić information content (AvgIpc) is 3.19. The van der Waals surface area contributed by atoms with Gasteiger partial charge in [0.2, 0.25) is 5.76 Å². The monoisotopic (exact) mass is 276 g/mol. The van der Waals surface area contributed by atoms with Gasteiger partial charge in [0.25, 0.3) is 5.91 Å². The number of carbonyl (C=O) groups excluding carboxylic acids is 1. The molecule has 3 rings (SSSR count). The minimum atomic E-state index is -0.132. The van der Waals surface area contributed by atoms with Gasteiger partial charge in [0.05, 0.1) is 6.26 Å². The standard InChI is InChI=1S/C14H16N2O4/c17-6-4-10-3-5-16(9-10)14(18)11-8-13(20-15-11)12-2-1-7-19-12/h1-2,7-8,10,17H,3-6,9H2. The third-order valence-electron chi connectivity index (χ3n) is 3.60. The minimum absolute atomic E-state index is 0.132. The zero-order valence-electron chi connectivity index (χ0n) is 11.0. The average molecular weight is 276 g/mol. The van der Waals surface area contributed by atoms with Crippen LogP contribution in [0.15, 0.2) is 33.4 Å². The number of rotatable bonds is 4. The van der Waals surface area contributed by atoms with Crippen LogP contribution in [0.4, 0.5) is 0 Å². The summed E-state index contributed by atoms with van der Waals surface area (Å²) in [7, 11) is 0. The van der Waals surface area contributed by atoms with Crippen LogP contribution in [0.2, 0.25) is 0 Å². The lowest BCUT2D eigenvalue weighted by atomic mass is 10.1. The molecule has 0 radical (unpaired) electrons. The molecule has 1 amide bonds. The van der Waals surface area contributed by atoms with Gasteiger partial charge >= 0.3 is 0 Å². The summed E-state index contributed by atoms with van der Waals surface area (Å²) in [6, 6.07) is 5.10. The number of amides is 1. The molecule has 1 aliphatic rings. The lowest BCUT2D eigenvalue weighted by molar-refractivity contribution is 0.0774. The molecule has 1 aliphatic heterocycles. The van der Waals surface area contributed by atoms with E-state index in [1.807, 2.05) is 0 Å². The van der Waals surface area contributed by atoms with E-state index in [0.717, 1.165) is 12.8 Å². The predicted octanol–water partition coefficient (Wildman–Crippen LogP) is 1.78. The van der Waals surface area contributed by atoms with Gasteiger partial charge in [-0.2, -0.15) is 0 Å². The fourth-order valence-electron chi connectivity index (χ4n) is 2.51. The van der Waals surface area contributed by atoms with Crippen LogP contribution in [-0.2, 0) is 0 Å². The fraction of sp³-hybridized carbons (Fsp3) is 0.429. The Hall–Kier alpha value is -2.08. The van der Waals surface area contributed by atoms with Crippen LogP contribution in [0.25, 0.3) is 11.5 Å². The van der Waals surface area contributed by atoms with Crippen molar-refractivity contribution in [2.24, 2.45) is 5.92 Å². The number of hydrogen-bond acceptors (Lipinski definition) is 5. The van der Waals surface area contributed by atoms with Crippen LogP contribution in [0, 0.1) is 5.92 Å². The lowest BCUT2D eigenvalue weighted by Crippen LogP contribution is -2.29. The highest BCUT2D eigenvalue weighted by Gasteiger charge is 2.28. The number of nitrogens with zero attached hydrogens (tertiary/aromatic N) is 2. The van der Waals surface area contributed by atoms with Crippen LogP contribution in [0.5, 0.6) is 0 Å². The number of aliphatic hydroxyl groups excluding tert-OH is 1. The van der Waals surface area contributed by atoms with Crippen LogP contribution < -0.4 is 0 Å².